The van der Waals surface area contributed by atoms with Crippen LogP contribution in [-0.2, 0) is 17.6 Å². The first-order valence-corrected chi connectivity index (χ1v) is 12.3. The van der Waals surface area contributed by atoms with Crippen molar-refractivity contribution in [1.82, 2.24) is 20.1 Å². The van der Waals surface area contributed by atoms with Crippen LogP contribution in [0.2, 0.25) is 0 Å². The van der Waals surface area contributed by atoms with Crippen molar-refractivity contribution in [3.05, 3.63) is 70.0 Å². The monoisotopic (exact) mass is 514 g/mol. The minimum Gasteiger partial charge on any atom is -0.356 e. The third-order valence-corrected chi connectivity index (χ3v) is 6.22. The van der Waals surface area contributed by atoms with Crippen molar-refractivity contribution < 1.29 is 9.59 Å². The number of amides is 1. The topological polar surface area (TPSA) is 76.9 Å². The fourth-order valence-electron chi connectivity index (χ4n) is 3.27. The minimum absolute atomic E-state index is 0.0521. The SMILES string of the molecule is CC(=O)NCCc1nnc(SCC(=O)c2ccc(CC(C)C)cc2)n1-c1ccc(Br)cc1. The summed E-state index contributed by atoms with van der Waals surface area (Å²) in [5.74, 6) is 1.55. The van der Waals surface area contributed by atoms with E-state index in [1.54, 1.807) is 0 Å². The summed E-state index contributed by atoms with van der Waals surface area (Å²) in [5.41, 5.74) is 2.85. The number of carbonyl (C=O) groups excluding carboxylic acids is 2. The van der Waals surface area contributed by atoms with Crippen molar-refractivity contribution in [2.75, 3.05) is 12.3 Å². The second kappa shape index (κ2) is 11.4. The molecule has 3 rings (SSSR count). The second-order valence-corrected chi connectivity index (χ2v) is 9.81. The van der Waals surface area contributed by atoms with Crippen molar-refractivity contribution in [2.24, 2.45) is 5.92 Å². The Hall–Kier alpha value is -2.45. The molecule has 168 valence electrons. The van der Waals surface area contributed by atoms with E-state index in [-0.39, 0.29) is 17.4 Å². The number of ketones is 1. The number of aromatic nitrogens is 3. The lowest BCUT2D eigenvalue weighted by Gasteiger charge is -2.11. The molecule has 0 fully saturated rings. The van der Waals surface area contributed by atoms with E-state index in [9.17, 15) is 9.59 Å². The Morgan fingerprint density at radius 3 is 2.38 bits per heavy atom. The third kappa shape index (κ3) is 6.77. The smallest absolute Gasteiger partial charge is 0.216 e. The Bertz CT molecular complexity index is 1060. The van der Waals surface area contributed by atoms with E-state index in [0.29, 0.717) is 29.6 Å². The molecule has 0 atom stereocenters. The zero-order valence-electron chi connectivity index (χ0n) is 18.5. The van der Waals surface area contributed by atoms with Gasteiger partial charge in [0.2, 0.25) is 5.91 Å². The largest absolute Gasteiger partial charge is 0.356 e. The van der Waals surface area contributed by atoms with E-state index in [1.807, 2.05) is 53.1 Å². The quantitative estimate of drug-likeness (QED) is 0.308. The highest BCUT2D eigenvalue weighted by molar-refractivity contribution is 9.10. The Labute approximate surface area is 201 Å². The van der Waals surface area contributed by atoms with E-state index >= 15 is 0 Å². The molecule has 3 aromatic rings. The van der Waals surface area contributed by atoms with Crippen molar-refractivity contribution in [3.63, 3.8) is 0 Å². The van der Waals surface area contributed by atoms with E-state index in [2.05, 4.69) is 45.3 Å². The van der Waals surface area contributed by atoms with Crippen molar-refractivity contribution in [3.8, 4) is 5.69 Å². The van der Waals surface area contributed by atoms with E-state index in [1.165, 1.54) is 24.2 Å². The number of thioether (sulfide) groups is 1. The highest BCUT2D eigenvalue weighted by Gasteiger charge is 2.17. The van der Waals surface area contributed by atoms with E-state index < -0.39 is 0 Å². The first-order chi connectivity index (χ1) is 15.3. The van der Waals surface area contributed by atoms with Crippen molar-refractivity contribution in [2.45, 2.75) is 38.8 Å². The number of nitrogens with one attached hydrogen (secondary N) is 1. The average Bonchev–Trinajstić information content (AvgIpc) is 3.15. The van der Waals surface area contributed by atoms with Crippen LogP contribution in [-0.4, -0.2) is 38.8 Å². The zero-order chi connectivity index (χ0) is 23.1. The molecule has 32 heavy (non-hydrogen) atoms. The number of hydrogen-bond acceptors (Lipinski definition) is 5. The first-order valence-electron chi connectivity index (χ1n) is 10.5. The Balaban J connectivity index is 1.75. The van der Waals surface area contributed by atoms with Gasteiger partial charge in [-0.1, -0.05) is 65.8 Å². The van der Waals surface area contributed by atoms with Gasteiger partial charge in [0, 0.05) is 35.6 Å². The lowest BCUT2D eigenvalue weighted by atomic mass is 10.0. The Kier molecular flexibility index (Phi) is 8.64. The maximum absolute atomic E-state index is 12.8. The summed E-state index contributed by atoms with van der Waals surface area (Å²) in [6.45, 7) is 6.32. The standard InChI is InChI=1S/C24H27BrN4O2S/c1-16(2)14-18-4-6-19(7-5-18)22(31)15-32-24-28-27-23(12-13-26-17(3)30)29(24)21-10-8-20(25)9-11-21/h4-11,16H,12-15H2,1-3H3,(H,26,30). The number of nitrogens with zero attached hydrogens (tertiary/aromatic N) is 3. The number of rotatable bonds is 10. The molecule has 0 radical (unpaired) electrons. The maximum Gasteiger partial charge on any atom is 0.216 e. The predicted molar refractivity (Wildman–Crippen MR) is 131 cm³/mol. The van der Waals surface area contributed by atoms with Gasteiger partial charge in [-0.05, 0) is 42.2 Å². The number of halogens is 1. The van der Waals surface area contributed by atoms with Crippen LogP contribution in [0.4, 0.5) is 0 Å². The average molecular weight is 515 g/mol. The Morgan fingerprint density at radius 1 is 1.06 bits per heavy atom. The van der Waals surface area contributed by atoms with Crippen molar-refractivity contribution in [1.29, 1.82) is 0 Å². The summed E-state index contributed by atoms with van der Waals surface area (Å²) in [7, 11) is 0. The van der Waals surface area contributed by atoms with Crippen LogP contribution in [0.15, 0.2) is 58.2 Å². The summed E-state index contributed by atoms with van der Waals surface area (Å²) >= 11 is 4.82. The summed E-state index contributed by atoms with van der Waals surface area (Å²) in [6.07, 6.45) is 1.54. The lowest BCUT2D eigenvalue weighted by Crippen LogP contribution is -2.23. The molecular formula is C24H27BrN4O2S. The van der Waals surface area contributed by atoms with Crippen LogP contribution in [0, 0.1) is 5.92 Å². The highest BCUT2D eigenvalue weighted by Crippen LogP contribution is 2.24. The van der Waals surface area contributed by atoms with Crippen LogP contribution < -0.4 is 5.32 Å². The van der Waals surface area contributed by atoms with Crippen LogP contribution in [0.5, 0.6) is 0 Å². The highest BCUT2D eigenvalue weighted by atomic mass is 79.9. The van der Waals surface area contributed by atoms with Gasteiger partial charge < -0.3 is 5.32 Å². The van der Waals surface area contributed by atoms with Gasteiger partial charge >= 0.3 is 0 Å². The van der Waals surface area contributed by atoms with Gasteiger partial charge in [-0.15, -0.1) is 10.2 Å². The van der Waals surface area contributed by atoms with Gasteiger partial charge in [0.15, 0.2) is 10.9 Å². The molecule has 1 aromatic heterocycles. The minimum atomic E-state index is -0.0840. The number of Topliss-reactive ketones (excluding diaryl/α,β-unsaturated/α-hetero) is 1. The molecule has 6 nitrogen and oxygen atoms in total. The molecule has 0 saturated heterocycles. The summed E-state index contributed by atoms with van der Waals surface area (Å²) < 4.78 is 2.91. The summed E-state index contributed by atoms with van der Waals surface area (Å²) in [5, 5.41) is 12.1. The van der Waals surface area contributed by atoms with E-state index in [0.717, 1.165) is 22.4 Å². The molecule has 0 aliphatic rings. The lowest BCUT2D eigenvalue weighted by molar-refractivity contribution is -0.118. The van der Waals surface area contributed by atoms with E-state index in [4.69, 9.17) is 0 Å². The van der Waals surface area contributed by atoms with Crippen LogP contribution in [0.25, 0.3) is 5.69 Å². The fraction of sp³-hybridized carbons (Fsp3) is 0.333. The first kappa shape index (κ1) is 24.2. The number of carbonyl (C=O) groups is 2. The molecule has 0 aliphatic heterocycles. The van der Waals surface area contributed by atoms with Crippen LogP contribution in [0.3, 0.4) is 0 Å². The third-order valence-electron chi connectivity index (χ3n) is 4.76. The summed E-state index contributed by atoms with van der Waals surface area (Å²) in [6, 6.07) is 15.7. The molecule has 0 saturated carbocycles. The molecular weight excluding hydrogens is 488 g/mol. The summed E-state index contributed by atoms with van der Waals surface area (Å²) in [4.78, 5) is 24.0. The van der Waals surface area contributed by atoms with Gasteiger partial charge in [-0.2, -0.15) is 0 Å². The van der Waals surface area contributed by atoms with Gasteiger partial charge in [0.25, 0.3) is 0 Å². The van der Waals surface area contributed by atoms with Gasteiger partial charge in [-0.25, -0.2) is 0 Å². The van der Waals surface area contributed by atoms with Gasteiger partial charge in [0.05, 0.1) is 5.75 Å². The zero-order valence-corrected chi connectivity index (χ0v) is 20.9. The molecule has 1 N–H and O–H groups in total. The fourth-order valence-corrected chi connectivity index (χ4v) is 4.40. The molecule has 0 aliphatic carbocycles. The predicted octanol–water partition coefficient (Wildman–Crippen LogP) is 4.88. The number of benzene rings is 2. The molecule has 0 bridgehead atoms. The molecule has 1 heterocycles. The van der Waals surface area contributed by atoms with Gasteiger partial charge in [0.1, 0.15) is 5.82 Å². The molecule has 1 amide bonds. The molecule has 0 spiro atoms. The van der Waals surface area contributed by atoms with Crippen molar-refractivity contribution >= 4 is 39.4 Å². The normalized spacial score (nSPS) is 11.0. The maximum atomic E-state index is 12.8. The van der Waals surface area contributed by atoms with Gasteiger partial charge in [-0.3, -0.25) is 14.2 Å². The van der Waals surface area contributed by atoms with Crippen LogP contribution >= 0.6 is 27.7 Å². The Morgan fingerprint density at radius 2 is 1.75 bits per heavy atom. The van der Waals surface area contributed by atoms with Crippen LogP contribution in [0.1, 0.15) is 42.5 Å². The molecule has 2 aromatic carbocycles. The second-order valence-electron chi connectivity index (χ2n) is 7.95. The molecule has 8 heteroatoms. The number of hydrogen-bond donors (Lipinski definition) is 1. The molecule has 0 unspecified atom stereocenters.